The van der Waals surface area contributed by atoms with Gasteiger partial charge in [0.25, 0.3) is 5.91 Å². The summed E-state index contributed by atoms with van der Waals surface area (Å²) >= 11 is 8.48. The number of para-hydroxylation sites is 1. The predicted molar refractivity (Wildman–Crippen MR) is 104 cm³/mol. The minimum Gasteiger partial charge on any atom is -0.301 e. The molecule has 2 N–H and O–H groups in total. The zero-order valence-electron chi connectivity index (χ0n) is 12.8. The van der Waals surface area contributed by atoms with E-state index in [-0.39, 0.29) is 5.11 Å². The maximum atomic E-state index is 12.7. The number of benzene rings is 2. The number of nitrogens with zero attached hydrogens (tertiary/aromatic N) is 2. The molecular weight excluding hydrogens is 404 g/mol. The van der Waals surface area contributed by atoms with Crippen LogP contribution in [0.25, 0.3) is 0 Å². The van der Waals surface area contributed by atoms with Crippen molar-refractivity contribution in [2.45, 2.75) is 0 Å². The van der Waals surface area contributed by atoms with Crippen LogP contribution in [-0.4, -0.2) is 23.1 Å². The van der Waals surface area contributed by atoms with E-state index in [4.69, 9.17) is 12.2 Å². The molecule has 1 fully saturated rings. The van der Waals surface area contributed by atoms with Crippen LogP contribution in [0.3, 0.4) is 0 Å². The highest BCUT2D eigenvalue weighted by atomic mass is 79.9. The molecule has 3 rings (SSSR count). The van der Waals surface area contributed by atoms with Crippen LogP contribution in [0, 0.1) is 5.92 Å². The number of nitrogens with one attached hydrogen (secondary N) is 2. The first-order valence-electron chi connectivity index (χ1n) is 7.35. The zero-order chi connectivity index (χ0) is 17.8. The summed E-state index contributed by atoms with van der Waals surface area (Å²) in [6.07, 6.45) is 1.28. The summed E-state index contributed by atoms with van der Waals surface area (Å²) in [4.78, 5) is 26.1. The SMILES string of the molecule is O=C1NC(=S)N(c2ccc(Br)cc2)C(=O)[C@@H]1/C=N\Nc1ccccc1. The number of carbonyl (C=O) groups excluding carboxylic acids is 2. The fourth-order valence-electron chi connectivity index (χ4n) is 2.26. The second-order valence-corrected chi connectivity index (χ2v) is 6.48. The van der Waals surface area contributed by atoms with Crippen molar-refractivity contribution >= 4 is 62.7 Å². The Balaban J connectivity index is 1.79. The maximum Gasteiger partial charge on any atom is 0.251 e. The van der Waals surface area contributed by atoms with Crippen molar-refractivity contribution in [2.24, 2.45) is 11.0 Å². The Morgan fingerprint density at radius 2 is 1.80 bits per heavy atom. The average molecular weight is 417 g/mol. The van der Waals surface area contributed by atoms with Gasteiger partial charge in [-0.1, -0.05) is 34.1 Å². The van der Waals surface area contributed by atoms with Crippen molar-refractivity contribution in [3.8, 4) is 0 Å². The number of halogens is 1. The third kappa shape index (κ3) is 3.92. The predicted octanol–water partition coefficient (Wildman–Crippen LogP) is 2.91. The molecule has 1 saturated heterocycles. The van der Waals surface area contributed by atoms with Crippen molar-refractivity contribution in [1.82, 2.24) is 5.32 Å². The van der Waals surface area contributed by atoms with E-state index in [0.717, 1.165) is 10.2 Å². The van der Waals surface area contributed by atoms with Gasteiger partial charge >= 0.3 is 0 Å². The van der Waals surface area contributed by atoms with E-state index >= 15 is 0 Å². The minimum atomic E-state index is -1.06. The Hall–Kier alpha value is -2.58. The molecule has 25 heavy (non-hydrogen) atoms. The molecule has 0 spiro atoms. The summed E-state index contributed by atoms with van der Waals surface area (Å²) in [6.45, 7) is 0. The van der Waals surface area contributed by atoms with Crippen LogP contribution >= 0.6 is 28.1 Å². The lowest BCUT2D eigenvalue weighted by Crippen LogP contribution is -2.58. The van der Waals surface area contributed by atoms with Crippen LogP contribution in [0.2, 0.25) is 0 Å². The van der Waals surface area contributed by atoms with Gasteiger partial charge in [-0.25, -0.2) is 0 Å². The molecule has 0 bridgehead atoms. The Kier molecular flexibility index (Phi) is 5.20. The Labute approximate surface area is 158 Å². The fraction of sp³-hybridized carbons (Fsp3) is 0.0588. The molecule has 8 heteroatoms. The molecule has 0 aromatic heterocycles. The number of anilines is 2. The summed E-state index contributed by atoms with van der Waals surface area (Å²) in [6, 6.07) is 16.3. The van der Waals surface area contributed by atoms with Crippen LogP contribution in [0.1, 0.15) is 0 Å². The van der Waals surface area contributed by atoms with Crippen LogP contribution < -0.4 is 15.6 Å². The van der Waals surface area contributed by atoms with Crippen molar-refractivity contribution in [2.75, 3.05) is 10.3 Å². The lowest BCUT2D eigenvalue weighted by Gasteiger charge is -2.30. The average Bonchev–Trinajstić information content (AvgIpc) is 2.60. The monoisotopic (exact) mass is 416 g/mol. The normalized spacial score (nSPS) is 17.7. The third-order valence-corrected chi connectivity index (χ3v) is 4.29. The molecule has 2 amide bonds. The Morgan fingerprint density at radius 3 is 2.48 bits per heavy atom. The molecule has 6 nitrogen and oxygen atoms in total. The van der Waals surface area contributed by atoms with Gasteiger partial charge in [0.05, 0.1) is 11.4 Å². The largest absolute Gasteiger partial charge is 0.301 e. The van der Waals surface area contributed by atoms with Gasteiger partial charge in [0, 0.05) is 10.7 Å². The first-order chi connectivity index (χ1) is 12.1. The van der Waals surface area contributed by atoms with E-state index < -0.39 is 17.7 Å². The van der Waals surface area contributed by atoms with Gasteiger partial charge in [-0.15, -0.1) is 0 Å². The highest BCUT2D eigenvalue weighted by Gasteiger charge is 2.38. The molecule has 2 aromatic rings. The number of hydrazone groups is 1. The molecule has 126 valence electrons. The molecule has 0 unspecified atom stereocenters. The molecule has 0 saturated carbocycles. The van der Waals surface area contributed by atoms with Gasteiger partial charge in [0.15, 0.2) is 11.0 Å². The van der Waals surface area contributed by atoms with Crippen molar-refractivity contribution in [3.63, 3.8) is 0 Å². The van der Waals surface area contributed by atoms with Gasteiger partial charge < -0.3 is 5.32 Å². The summed E-state index contributed by atoms with van der Waals surface area (Å²) in [7, 11) is 0. The summed E-state index contributed by atoms with van der Waals surface area (Å²) in [5, 5.41) is 6.59. The molecule has 2 aromatic carbocycles. The first-order valence-corrected chi connectivity index (χ1v) is 8.55. The third-order valence-electron chi connectivity index (χ3n) is 3.48. The number of hydrogen-bond donors (Lipinski definition) is 2. The van der Waals surface area contributed by atoms with E-state index in [1.807, 2.05) is 30.3 Å². The van der Waals surface area contributed by atoms with E-state index in [1.165, 1.54) is 11.1 Å². The summed E-state index contributed by atoms with van der Waals surface area (Å²) < 4.78 is 0.876. The molecule has 1 aliphatic heterocycles. The van der Waals surface area contributed by atoms with Crippen molar-refractivity contribution in [1.29, 1.82) is 0 Å². The number of thiocarbonyl (C=S) groups is 1. The summed E-state index contributed by atoms with van der Waals surface area (Å²) in [5.74, 6) is -2.01. The van der Waals surface area contributed by atoms with Gasteiger partial charge in [-0.05, 0) is 48.6 Å². The topological polar surface area (TPSA) is 73.8 Å². The second kappa shape index (κ2) is 7.54. The van der Waals surface area contributed by atoms with Gasteiger partial charge in [-0.2, -0.15) is 5.10 Å². The lowest BCUT2D eigenvalue weighted by molar-refractivity contribution is -0.130. The number of rotatable bonds is 4. The van der Waals surface area contributed by atoms with Crippen LogP contribution in [0.15, 0.2) is 64.2 Å². The van der Waals surface area contributed by atoms with E-state index in [9.17, 15) is 9.59 Å². The van der Waals surface area contributed by atoms with Gasteiger partial charge in [-0.3, -0.25) is 19.9 Å². The number of carbonyl (C=O) groups is 2. The van der Waals surface area contributed by atoms with Crippen LogP contribution in [-0.2, 0) is 9.59 Å². The van der Waals surface area contributed by atoms with Crippen molar-refractivity contribution < 1.29 is 9.59 Å². The van der Waals surface area contributed by atoms with E-state index in [0.29, 0.717) is 5.69 Å². The second-order valence-electron chi connectivity index (χ2n) is 5.18. The Morgan fingerprint density at radius 1 is 1.12 bits per heavy atom. The fourth-order valence-corrected chi connectivity index (χ4v) is 2.82. The molecule has 0 radical (unpaired) electrons. The lowest BCUT2D eigenvalue weighted by atomic mass is 10.1. The van der Waals surface area contributed by atoms with Gasteiger partial charge in [0.2, 0.25) is 5.91 Å². The zero-order valence-corrected chi connectivity index (χ0v) is 15.3. The highest BCUT2D eigenvalue weighted by molar-refractivity contribution is 9.10. The van der Waals surface area contributed by atoms with E-state index in [2.05, 4.69) is 31.8 Å². The standard InChI is InChI=1S/C17H13BrN4O2S/c18-11-6-8-13(9-7-11)22-16(24)14(15(23)20-17(22)25)10-19-21-12-4-2-1-3-5-12/h1-10,14,21H,(H,20,23,25)/b19-10-/t14-/m1/s1. The highest BCUT2D eigenvalue weighted by Crippen LogP contribution is 2.22. The van der Waals surface area contributed by atoms with E-state index in [1.54, 1.807) is 24.3 Å². The number of hydrogen-bond acceptors (Lipinski definition) is 5. The van der Waals surface area contributed by atoms with Crippen molar-refractivity contribution in [3.05, 3.63) is 59.1 Å². The smallest absolute Gasteiger partial charge is 0.251 e. The quantitative estimate of drug-likeness (QED) is 0.347. The van der Waals surface area contributed by atoms with Crippen LogP contribution in [0.4, 0.5) is 11.4 Å². The minimum absolute atomic E-state index is 0.0537. The Bertz CT molecular complexity index is 839. The van der Waals surface area contributed by atoms with Gasteiger partial charge in [0.1, 0.15) is 0 Å². The summed E-state index contributed by atoms with van der Waals surface area (Å²) in [5.41, 5.74) is 4.11. The molecule has 1 atom stereocenters. The molecule has 0 aliphatic carbocycles. The first kappa shape index (κ1) is 17.2. The number of amides is 2. The van der Waals surface area contributed by atoms with Crippen LogP contribution in [0.5, 0.6) is 0 Å². The molecular formula is C17H13BrN4O2S. The maximum absolute atomic E-state index is 12.7. The molecule has 1 aliphatic rings. The molecule has 1 heterocycles.